The summed E-state index contributed by atoms with van der Waals surface area (Å²) >= 11 is 0. The monoisotopic (exact) mass is 989 g/mol. The minimum atomic E-state index is -4.61. The second kappa shape index (κ2) is 51.1. The largest absolute Gasteiger partial charge is 0.756 e. The Morgan fingerprint density at radius 2 is 0.855 bits per heavy atom. The molecular weight excluding hydrogens is 876 g/mol. The van der Waals surface area contributed by atoms with Crippen LogP contribution in [-0.4, -0.2) is 68.5 Å². The standard InChI is InChI=1S/C60H113N2O6P/c1-6-8-10-12-14-16-18-20-22-24-26-28-30-31-32-34-36-38-40-42-44-46-48-50-52-54-60(64)61-58(57-68-69(65,66)67-56-55-62(3,4)5)59(63)53-51-49-47-45-43-41-39-37-35-33-29-27-25-23-21-19-17-15-13-11-9-7-2/h26,28,31-32,35,37,43,45,51,53,58-59,63H,6-25,27,29-30,33-34,36,38-42,44,46-50,52,54-57H2,1-5H3,(H-,61,64,65,66)/b28-26-,32-31-,37-35+,45-43+,53-51+. The van der Waals surface area contributed by atoms with Gasteiger partial charge in [0, 0.05) is 6.42 Å². The lowest BCUT2D eigenvalue weighted by Gasteiger charge is -2.29. The molecule has 0 spiro atoms. The van der Waals surface area contributed by atoms with Crippen molar-refractivity contribution >= 4 is 13.7 Å². The minimum Gasteiger partial charge on any atom is -0.756 e. The van der Waals surface area contributed by atoms with Gasteiger partial charge < -0.3 is 28.8 Å². The van der Waals surface area contributed by atoms with E-state index in [9.17, 15) is 19.4 Å². The molecular formula is C60H113N2O6P. The van der Waals surface area contributed by atoms with E-state index in [0.29, 0.717) is 17.4 Å². The molecule has 0 radical (unpaired) electrons. The molecule has 0 fully saturated rings. The fraction of sp³-hybridized carbons (Fsp3) is 0.817. The van der Waals surface area contributed by atoms with Gasteiger partial charge in [-0.3, -0.25) is 9.36 Å². The van der Waals surface area contributed by atoms with Crippen LogP contribution in [0, 0.1) is 0 Å². The molecule has 404 valence electrons. The highest BCUT2D eigenvalue weighted by atomic mass is 31.2. The van der Waals surface area contributed by atoms with Gasteiger partial charge in [0.05, 0.1) is 39.9 Å². The molecule has 8 nitrogen and oxygen atoms in total. The van der Waals surface area contributed by atoms with E-state index in [4.69, 9.17) is 9.05 Å². The van der Waals surface area contributed by atoms with Crippen molar-refractivity contribution in [3.05, 3.63) is 60.8 Å². The number of nitrogens with one attached hydrogen (secondary N) is 1. The number of amides is 1. The van der Waals surface area contributed by atoms with Crippen molar-refractivity contribution in [1.29, 1.82) is 0 Å². The number of aliphatic hydroxyl groups excluding tert-OH is 1. The van der Waals surface area contributed by atoms with Gasteiger partial charge in [-0.2, -0.15) is 0 Å². The summed E-state index contributed by atoms with van der Waals surface area (Å²) in [5.74, 6) is -0.215. The second-order valence-electron chi connectivity index (χ2n) is 21.0. The molecule has 0 heterocycles. The van der Waals surface area contributed by atoms with Crippen molar-refractivity contribution in [3.8, 4) is 0 Å². The molecule has 0 aliphatic heterocycles. The Morgan fingerprint density at radius 1 is 0.507 bits per heavy atom. The van der Waals surface area contributed by atoms with Gasteiger partial charge in [-0.25, -0.2) is 0 Å². The molecule has 0 aliphatic carbocycles. The molecule has 3 unspecified atom stereocenters. The first-order chi connectivity index (χ1) is 33.5. The van der Waals surface area contributed by atoms with Crippen molar-refractivity contribution in [2.45, 2.75) is 276 Å². The van der Waals surface area contributed by atoms with E-state index in [2.05, 4.69) is 67.8 Å². The summed E-state index contributed by atoms with van der Waals surface area (Å²) in [6.07, 6.45) is 68.7. The maximum Gasteiger partial charge on any atom is 0.268 e. The van der Waals surface area contributed by atoms with E-state index in [1.165, 1.54) is 193 Å². The first kappa shape index (κ1) is 67.2. The van der Waals surface area contributed by atoms with Crippen LogP contribution in [0.2, 0.25) is 0 Å². The highest BCUT2D eigenvalue weighted by Crippen LogP contribution is 2.38. The molecule has 0 rings (SSSR count). The molecule has 0 aromatic heterocycles. The van der Waals surface area contributed by atoms with Crippen LogP contribution in [0.15, 0.2) is 60.8 Å². The number of aliphatic hydroxyl groups is 1. The summed E-state index contributed by atoms with van der Waals surface area (Å²) in [4.78, 5) is 25.5. The van der Waals surface area contributed by atoms with Crippen LogP contribution in [0.4, 0.5) is 0 Å². The summed E-state index contributed by atoms with van der Waals surface area (Å²) < 4.78 is 23.3. The minimum absolute atomic E-state index is 0.0115. The molecule has 2 N–H and O–H groups in total. The van der Waals surface area contributed by atoms with E-state index >= 15 is 0 Å². The highest BCUT2D eigenvalue weighted by molar-refractivity contribution is 7.45. The number of phosphoric ester groups is 1. The first-order valence-corrected chi connectivity index (χ1v) is 30.6. The second-order valence-corrected chi connectivity index (χ2v) is 22.4. The fourth-order valence-electron chi connectivity index (χ4n) is 8.33. The quantitative estimate of drug-likeness (QED) is 0.0272. The van der Waals surface area contributed by atoms with Crippen LogP contribution in [-0.2, 0) is 18.4 Å². The Kier molecular flexibility index (Phi) is 49.8. The Labute approximate surface area is 428 Å². The van der Waals surface area contributed by atoms with Crippen molar-refractivity contribution in [2.24, 2.45) is 0 Å². The van der Waals surface area contributed by atoms with Crippen LogP contribution in [0.1, 0.15) is 264 Å². The summed E-state index contributed by atoms with van der Waals surface area (Å²) in [6, 6.07) is -0.915. The van der Waals surface area contributed by atoms with E-state index in [-0.39, 0.29) is 12.5 Å². The third-order valence-electron chi connectivity index (χ3n) is 12.9. The summed E-state index contributed by atoms with van der Waals surface area (Å²) in [6.45, 7) is 4.64. The Morgan fingerprint density at radius 3 is 1.26 bits per heavy atom. The summed E-state index contributed by atoms with van der Waals surface area (Å²) in [7, 11) is 1.23. The summed E-state index contributed by atoms with van der Waals surface area (Å²) in [5, 5.41) is 13.9. The van der Waals surface area contributed by atoms with Gasteiger partial charge in [-0.1, -0.05) is 242 Å². The number of carbonyl (C=O) groups excluding carboxylic acids is 1. The van der Waals surface area contributed by atoms with Crippen LogP contribution >= 0.6 is 7.82 Å². The van der Waals surface area contributed by atoms with Gasteiger partial charge in [0.25, 0.3) is 7.82 Å². The van der Waals surface area contributed by atoms with Crippen LogP contribution in [0.5, 0.6) is 0 Å². The number of nitrogens with zero attached hydrogens (tertiary/aromatic N) is 1. The van der Waals surface area contributed by atoms with Gasteiger partial charge >= 0.3 is 0 Å². The third kappa shape index (κ3) is 53.8. The van der Waals surface area contributed by atoms with Crippen molar-refractivity contribution < 1.29 is 32.9 Å². The lowest BCUT2D eigenvalue weighted by molar-refractivity contribution is -0.870. The van der Waals surface area contributed by atoms with Crippen LogP contribution < -0.4 is 10.2 Å². The molecule has 0 saturated heterocycles. The first-order valence-electron chi connectivity index (χ1n) is 29.2. The number of quaternary nitrogens is 1. The molecule has 0 saturated carbocycles. The third-order valence-corrected chi connectivity index (χ3v) is 13.9. The molecule has 0 aliphatic rings. The molecule has 69 heavy (non-hydrogen) atoms. The lowest BCUT2D eigenvalue weighted by atomic mass is 10.0. The van der Waals surface area contributed by atoms with E-state index < -0.39 is 26.6 Å². The molecule has 1 amide bonds. The highest BCUT2D eigenvalue weighted by Gasteiger charge is 2.23. The average Bonchev–Trinajstić information content (AvgIpc) is 3.31. The van der Waals surface area contributed by atoms with Gasteiger partial charge in [-0.15, -0.1) is 0 Å². The van der Waals surface area contributed by atoms with E-state index in [1.807, 2.05) is 27.2 Å². The van der Waals surface area contributed by atoms with Crippen molar-refractivity contribution in [2.75, 3.05) is 40.9 Å². The lowest BCUT2D eigenvalue weighted by Crippen LogP contribution is -2.45. The number of hydrogen-bond acceptors (Lipinski definition) is 6. The number of phosphoric acid groups is 1. The SMILES string of the molecule is CCCCCCCCCCC/C=C\C/C=C\CCCCCCCCCCCC(=O)NC(COP(=O)([O-])OCC[N+](C)(C)C)C(O)/C=C/CC/C=C/CC/C=C/CCCCCCCCCCCCCC. The summed E-state index contributed by atoms with van der Waals surface area (Å²) in [5.41, 5.74) is 0. The molecule has 3 atom stereocenters. The number of hydrogen-bond donors (Lipinski definition) is 2. The zero-order valence-electron chi connectivity index (χ0n) is 46.0. The van der Waals surface area contributed by atoms with E-state index in [1.54, 1.807) is 6.08 Å². The number of allylic oxidation sites excluding steroid dienone is 9. The predicted molar refractivity (Wildman–Crippen MR) is 297 cm³/mol. The zero-order chi connectivity index (χ0) is 50.6. The molecule has 0 aromatic carbocycles. The average molecular weight is 990 g/mol. The van der Waals surface area contributed by atoms with E-state index in [0.717, 1.165) is 51.4 Å². The normalized spacial score (nSPS) is 14.4. The van der Waals surface area contributed by atoms with Crippen LogP contribution in [0.3, 0.4) is 0 Å². The number of likely N-dealkylation sites (N-methyl/N-ethyl adjacent to an activating group) is 1. The number of unbranched alkanes of at least 4 members (excludes halogenated alkanes) is 32. The van der Waals surface area contributed by atoms with Crippen molar-refractivity contribution in [1.82, 2.24) is 5.32 Å². The molecule has 0 aromatic rings. The van der Waals surface area contributed by atoms with Gasteiger partial charge in [0.2, 0.25) is 5.91 Å². The molecule has 9 heteroatoms. The fourth-order valence-corrected chi connectivity index (χ4v) is 9.06. The Bertz CT molecular complexity index is 1310. The van der Waals surface area contributed by atoms with Crippen LogP contribution in [0.25, 0.3) is 0 Å². The van der Waals surface area contributed by atoms with Crippen molar-refractivity contribution in [3.63, 3.8) is 0 Å². The topological polar surface area (TPSA) is 108 Å². The number of carbonyl (C=O) groups is 1. The molecule has 0 bridgehead atoms. The Balaban J connectivity index is 4.30. The van der Waals surface area contributed by atoms with Gasteiger partial charge in [0.1, 0.15) is 13.2 Å². The van der Waals surface area contributed by atoms with Gasteiger partial charge in [-0.05, 0) is 77.0 Å². The maximum atomic E-state index is 13.0. The smallest absolute Gasteiger partial charge is 0.268 e. The number of rotatable bonds is 53. The van der Waals surface area contributed by atoms with Gasteiger partial charge in [0.15, 0.2) is 0 Å². The maximum absolute atomic E-state index is 13.0. The Hall–Kier alpha value is -1.80. The zero-order valence-corrected chi connectivity index (χ0v) is 46.9. The predicted octanol–water partition coefficient (Wildman–Crippen LogP) is 17.1.